The van der Waals surface area contributed by atoms with Crippen molar-refractivity contribution in [2.75, 3.05) is 31.5 Å². The Hall–Kier alpha value is -1.64. The Kier molecular flexibility index (Phi) is 5.66. The number of nitrogens with zero attached hydrogens (tertiary/aromatic N) is 3. The lowest BCUT2D eigenvalue weighted by Gasteiger charge is -2.33. The number of nitrogens with one attached hydrogen (secondary N) is 1. The quantitative estimate of drug-likeness (QED) is 0.794. The number of aromatic nitrogens is 1. The number of halogens is 1. The first-order valence-corrected chi connectivity index (χ1v) is 11.2. The number of likely N-dealkylation sites (tertiary alicyclic amines) is 2. The maximum absolute atomic E-state index is 12.6. The molecule has 6 nitrogen and oxygen atoms in total. The Balaban J connectivity index is 1.29. The molecule has 0 aromatic carbocycles. The van der Waals surface area contributed by atoms with E-state index in [1.54, 1.807) is 0 Å². The van der Waals surface area contributed by atoms with Crippen molar-refractivity contribution in [2.45, 2.75) is 25.7 Å². The van der Waals surface area contributed by atoms with E-state index in [0.29, 0.717) is 31.1 Å². The van der Waals surface area contributed by atoms with Gasteiger partial charge >= 0.3 is 6.03 Å². The van der Waals surface area contributed by atoms with E-state index in [4.69, 9.17) is 11.6 Å². The van der Waals surface area contributed by atoms with E-state index < -0.39 is 0 Å². The fourth-order valence-corrected chi connectivity index (χ4v) is 5.34. The van der Waals surface area contributed by atoms with Crippen LogP contribution in [0.2, 0.25) is 4.34 Å². The molecule has 2 fully saturated rings. The van der Waals surface area contributed by atoms with Crippen molar-refractivity contribution in [3.63, 3.8) is 0 Å². The number of thiazole rings is 1. The Morgan fingerprint density at radius 1 is 1.11 bits per heavy atom. The van der Waals surface area contributed by atoms with Crippen LogP contribution >= 0.6 is 34.3 Å². The largest absolute Gasteiger partial charge is 0.325 e. The average molecular weight is 425 g/mol. The average Bonchev–Trinajstić information content (AvgIpc) is 3.43. The second-order valence-corrected chi connectivity index (χ2v) is 9.44. The molecule has 1 N–H and O–H groups in total. The molecule has 4 heterocycles. The lowest BCUT2D eigenvalue weighted by Crippen LogP contribution is -2.47. The van der Waals surface area contributed by atoms with Crippen LogP contribution in [0.25, 0.3) is 10.6 Å². The standard InChI is InChI=1S/C18H21ClN4O2S2/c19-15-4-3-14(27-15)13-11-26-17(20-13)21-16(24)12-5-9-23(10-6-12)18(25)22-7-1-2-8-22/h3-4,11-12H,1-2,5-10H2,(H,20,21,24). The minimum Gasteiger partial charge on any atom is -0.325 e. The van der Waals surface area contributed by atoms with Gasteiger partial charge in [0, 0.05) is 37.5 Å². The molecule has 0 radical (unpaired) electrons. The number of piperidine rings is 1. The number of carbonyl (C=O) groups is 2. The van der Waals surface area contributed by atoms with Crippen molar-refractivity contribution in [1.82, 2.24) is 14.8 Å². The summed E-state index contributed by atoms with van der Waals surface area (Å²) >= 11 is 8.86. The second-order valence-electron chi connectivity index (χ2n) is 6.87. The van der Waals surface area contributed by atoms with E-state index in [2.05, 4.69) is 10.3 Å². The summed E-state index contributed by atoms with van der Waals surface area (Å²) in [5, 5.41) is 5.47. The number of anilines is 1. The van der Waals surface area contributed by atoms with Gasteiger partial charge in [-0.3, -0.25) is 4.79 Å². The molecule has 2 aliphatic rings. The van der Waals surface area contributed by atoms with E-state index in [0.717, 1.165) is 40.8 Å². The van der Waals surface area contributed by atoms with Gasteiger partial charge in [0.15, 0.2) is 5.13 Å². The van der Waals surface area contributed by atoms with Crippen LogP contribution in [0.15, 0.2) is 17.5 Å². The molecule has 0 spiro atoms. The summed E-state index contributed by atoms with van der Waals surface area (Å²) in [6, 6.07) is 3.91. The first-order chi connectivity index (χ1) is 13.1. The monoisotopic (exact) mass is 424 g/mol. The van der Waals surface area contributed by atoms with Crippen LogP contribution in [0.1, 0.15) is 25.7 Å². The van der Waals surface area contributed by atoms with Crippen LogP contribution in [0.5, 0.6) is 0 Å². The van der Waals surface area contributed by atoms with Gasteiger partial charge in [-0.1, -0.05) is 11.6 Å². The van der Waals surface area contributed by atoms with Crippen LogP contribution in [0, 0.1) is 5.92 Å². The van der Waals surface area contributed by atoms with E-state index in [9.17, 15) is 9.59 Å². The fourth-order valence-electron chi connectivity index (χ4n) is 3.55. The van der Waals surface area contributed by atoms with Gasteiger partial charge in [0.2, 0.25) is 5.91 Å². The SMILES string of the molecule is O=C(Nc1nc(-c2ccc(Cl)s2)cs1)C1CCN(C(=O)N2CCCC2)CC1. The molecule has 4 rings (SSSR count). The summed E-state index contributed by atoms with van der Waals surface area (Å²) in [6.45, 7) is 3.01. The molecule has 3 amide bonds. The van der Waals surface area contributed by atoms with Crippen molar-refractivity contribution in [3.8, 4) is 10.6 Å². The number of amides is 3. The molecule has 144 valence electrons. The van der Waals surface area contributed by atoms with Crippen molar-refractivity contribution < 1.29 is 9.59 Å². The Labute approximate surface area is 171 Å². The zero-order valence-electron chi connectivity index (χ0n) is 14.8. The third-order valence-corrected chi connectivity index (χ3v) is 7.08. The Bertz CT molecular complexity index is 823. The number of hydrogen-bond donors (Lipinski definition) is 1. The molecule has 9 heteroatoms. The van der Waals surface area contributed by atoms with E-state index >= 15 is 0 Å². The summed E-state index contributed by atoms with van der Waals surface area (Å²) in [5.41, 5.74) is 0.832. The second kappa shape index (κ2) is 8.16. The predicted molar refractivity (Wildman–Crippen MR) is 110 cm³/mol. The highest BCUT2D eigenvalue weighted by molar-refractivity contribution is 7.20. The highest BCUT2D eigenvalue weighted by Gasteiger charge is 2.30. The van der Waals surface area contributed by atoms with E-state index in [-0.39, 0.29) is 17.9 Å². The van der Waals surface area contributed by atoms with Gasteiger partial charge in [0.1, 0.15) is 0 Å². The lowest BCUT2D eigenvalue weighted by molar-refractivity contribution is -0.121. The third-order valence-electron chi connectivity index (χ3n) is 5.07. The van der Waals surface area contributed by atoms with Crippen LogP contribution in [0.4, 0.5) is 9.93 Å². The van der Waals surface area contributed by atoms with Gasteiger partial charge in [-0.2, -0.15) is 0 Å². The van der Waals surface area contributed by atoms with Crippen molar-refractivity contribution in [1.29, 1.82) is 0 Å². The summed E-state index contributed by atoms with van der Waals surface area (Å²) < 4.78 is 0.721. The Morgan fingerprint density at radius 3 is 2.48 bits per heavy atom. The molecule has 2 aromatic rings. The predicted octanol–water partition coefficient (Wildman–Crippen LogP) is 4.39. The molecule has 0 bridgehead atoms. The number of rotatable bonds is 3. The first-order valence-electron chi connectivity index (χ1n) is 9.16. The normalized spacial score (nSPS) is 18.1. The maximum atomic E-state index is 12.6. The van der Waals surface area contributed by atoms with E-state index in [1.807, 2.05) is 27.3 Å². The molecule has 0 unspecified atom stereocenters. The number of hydrogen-bond acceptors (Lipinski definition) is 5. The molecule has 0 aliphatic carbocycles. The van der Waals surface area contributed by atoms with Crippen LogP contribution in [-0.2, 0) is 4.79 Å². The summed E-state index contributed by atoms with van der Waals surface area (Å²) in [7, 11) is 0. The third kappa shape index (κ3) is 4.28. The zero-order chi connectivity index (χ0) is 18.8. The molecular weight excluding hydrogens is 404 g/mol. The zero-order valence-corrected chi connectivity index (χ0v) is 17.2. The molecule has 2 aliphatic heterocycles. The Morgan fingerprint density at radius 2 is 1.81 bits per heavy atom. The highest BCUT2D eigenvalue weighted by Crippen LogP contribution is 2.33. The summed E-state index contributed by atoms with van der Waals surface area (Å²) in [5.74, 6) is -0.0791. The first kappa shape index (κ1) is 18.7. The lowest BCUT2D eigenvalue weighted by atomic mass is 9.96. The number of thiophene rings is 1. The van der Waals surface area contributed by atoms with Crippen LogP contribution in [0.3, 0.4) is 0 Å². The van der Waals surface area contributed by atoms with E-state index in [1.165, 1.54) is 22.7 Å². The van der Waals surface area contributed by atoms with Crippen molar-refractivity contribution >= 4 is 51.3 Å². The maximum Gasteiger partial charge on any atom is 0.319 e. The molecular formula is C18H21ClN4O2S2. The van der Waals surface area contributed by atoms with Gasteiger partial charge in [-0.25, -0.2) is 9.78 Å². The molecule has 0 atom stereocenters. The van der Waals surface area contributed by atoms with Gasteiger partial charge in [0.05, 0.1) is 14.9 Å². The van der Waals surface area contributed by atoms with Gasteiger partial charge < -0.3 is 15.1 Å². The number of carbonyl (C=O) groups excluding carboxylic acids is 2. The van der Waals surface area contributed by atoms with Crippen molar-refractivity contribution in [2.24, 2.45) is 5.92 Å². The van der Waals surface area contributed by atoms with Gasteiger partial charge in [-0.15, -0.1) is 22.7 Å². The van der Waals surface area contributed by atoms with Crippen LogP contribution in [-0.4, -0.2) is 52.9 Å². The van der Waals surface area contributed by atoms with Gasteiger partial charge in [-0.05, 0) is 37.8 Å². The minimum absolute atomic E-state index is 0.00613. The summed E-state index contributed by atoms with van der Waals surface area (Å²) in [6.07, 6.45) is 3.59. The fraction of sp³-hybridized carbons (Fsp3) is 0.500. The van der Waals surface area contributed by atoms with Gasteiger partial charge in [0.25, 0.3) is 0 Å². The smallest absolute Gasteiger partial charge is 0.319 e. The molecule has 0 saturated carbocycles. The van der Waals surface area contributed by atoms with Crippen LogP contribution < -0.4 is 5.32 Å². The highest BCUT2D eigenvalue weighted by atomic mass is 35.5. The molecule has 27 heavy (non-hydrogen) atoms. The number of urea groups is 1. The molecule has 2 aromatic heterocycles. The minimum atomic E-state index is -0.0730. The topological polar surface area (TPSA) is 65.5 Å². The molecule has 2 saturated heterocycles. The summed E-state index contributed by atoms with van der Waals surface area (Å²) in [4.78, 5) is 34.3. The van der Waals surface area contributed by atoms with Crippen molar-refractivity contribution in [3.05, 3.63) is 21.8 Å².